The number of amides is 1. The van der Waals surface area contributed by atoms with Gasteiger partial charge in [-0.2, -0.15) is 0 Å². The van der Waals surface area contributed by atoms with Crippen molar-refractivity contribution in [2.45, 2.75) is 12.3 Å². The minimum Gasteiger partial charge on any atom is -0.456 e. The molecule has 0 radical (unpaired) electrons. The van der Waals surface area contributed by atoms with Crippen molar-refractivity contribution < 1.29 is 18.7 Å². The molecular formula is C19H14FNO3. The molecule has 2 aliphatic rings. The van der Waals surface area contributed by atoms with Crippen molar-refractivity contribution >= 4 is 17.6 Å². The fourth-order valence-electron chi connectivity index (χ4n) is 3.31. The topological polar surface area (TPSA) is 46.6 Å². The van der Waals surface area contributed by atoms with Gasteiger partial charge in [-0.3, -0.25) is 9.69 Å². The van der Waals surface area contributed by atoms with E-state index >= 15 is 0 Å². The Morgan fingerprint density at radius 3 is 2.42 bits per heavy atom. The zero-order chi connectivity index (χ0) is 16.7. The summed E-state index contributed by atoms with van der Waals surface area (Å²) in [6, 6.07) is 15.1. The van der Waals surface area contributed by atoms with Gasteiger partial charge in [-0.1, -0.05) is 30.3 Å². The minimum atomic E-state index is -0.409. The number of hydrogen-bond acceptors (Lipinski definition) is 3. The summed E-state index contributed by atoms with van der Waals surface area (Å²) in [4.78, 5) is 26.6. The first kappa shape index (κ1) is 14.6. The smallest absolute Gasteiger partial charge is 0.336 e. The second kappa shape index (κ2) is 5.60. The maximum atomic E-state index is 13.2. The largest absolute Gasteiger partial charge is 0.456 e. The van der Waals surface area contributed by atoms with Gasteiger partial charge < -0.3 is 4.74 Å². The maximum Gasteiger partial charge on any atom is 0.336 e. The zero-order valence-corrected chi connectivity index (χ0v) is 12.7. The van der Waals surface area contributed by atoms with Crippen LogP contribution in [0.3, 0.4) is 0 Å². The van der Waals surface area contributed by atoms with Gasteiger partial charge in [-0.25, -0.2) is 9.18 Å². The third-order valence-corrected chi connectivity index (χ3v) is 4.40. The number of anilines is 1. The van der Waals surface area contributed by atoms with Crippen LogP contribution in [0.5, 0.6) is 0 Å². The van der Waals surface area contributed by atoms with Crippen molar-refractivity contribution in [1.29, 1.82) is 0 Å². The van der Waals surface area contributed by atoms with E-state index in [0.29, 0.717) is 17.0 Å². The Morgan fingerprint density at radius 1 is 1.00 bits per heavy atom. The first-order chi connectivity index (χ1) is 11.6. The fraction of sp³-hybridized carbons (Fsp3) is 0.158. The predicted octanol–water partition coefficient (Wildman–Crippen LogP) is 3.16. The molecule has 2 aromatic carbocycles. The average Bonchev–Trinajstić information content (AvgIpc) is 2.97. The number of ether oxygens (including phenoxy) is 1. The Bertz CT molecular complexity index is 843. The van der Waals surface area contributed by atoms with E-state index in [0.717, 1.165) is 5.56 Å². The molecule has 2 aromatic rings. The Balaban J connectivity index is 1.82. The van der Waals surface area contributed by atoms with E-state index in [9.17, 15) is 14.0 Å². The van der Waals surface area contributed by atoms with Gasteiger partial charge in [0.25, 0.3) is 0 Å². The lowest BCUT2D eigenvalue weighted by atomic mass is 9.84. The molecule has 2 aliphatic heterocycles. The number of cyclic esters (lactones) is 1. The summed E-state index contributed by atoms with van der Waals surface area (Å²) in [5, 5.41) is 0. The summed E-state index contributed by atoms with van der Waals surface area (Å²) in [5.41, 5.74) is 2.52. The molecule has 4 rings (SSSR count). The van der Waals surface area contributed by atoms with Crippen molar-refractivity contribution in [2.24, 2.45) is 0 Å². The van der Waals surface area contributed by atoms with Crippen LogP contribution in [0.4, 0.5) is 10.1 Å². The van der Waals surface area contributed by atoms with E-state index in [1.165, 1.54) is 12.1 Å². The number of hydrogen-bond donors (Lipinski definition) is 0. The summed E-state index contributed by atoms with van der Waals surface area (Å²) in [6.45, 7) is 0.0759. The number of halogens is 1. The molecule has 0 fully saturated rings. The molecule has 0 unspecified atom stereocenters. The van der Waals surface area contributed by atoms with Gasteiger partial charge in [0.15, 0.2) is 0 Å². The Labute approximate surface area is 138 Å². The number of nitrogens with zero attached hydrogens (tertiary/aromatic N) is 1. The quantitative estimate of drug-likeness (QED) is 0.798. The summed E-state index contributed by atoms with van der Waals surface area (Å²) < 4.78 is 18.4. The molecule has 0 aromatic heterocycles. The van der Waals surface area contributed by atoms with Crippen molar-refractivity contribution in [3.63, 3.8) is 0 Å². The van der Waals surface area contributed by atoms with Gasteiger partial charge in [-0.05, 0) is 29.8 Å². The molecule has 0 aliphatic carbocycles. The highest BCUT2D eigenvalue weighted by molar-refractivity contribution is 6.06. The minimum absolute atomic E-state index is 0.0759. The number of para-hydroxylation sites is 1. The second-order valence-electron chi connectivity index (χ2n) is 5.81. The first-order valence-corrected chi connectivity index (χ1v) is 7.69. The molecule has 0 spiro atoms. The molecule has 1 amide bonds. The molecule has 5 heteroatoms. The van der Waals surface area contributed by atoms with Crippen molar-refractivity contribution in [1.82, 2.24) is 0 Å². The summed E-state index contributed by atoms with van der Waals surface area (Å²) in [5.74, 6) is -1.27. The number of carbonyl (C=O) groups is 2. The van der Waals surface area contributed by atoms with Gasteiger partial charge in [0, 0.05) is 18.0 Å². The zero-order valence-electron chi connectivity index (χ0n) is 12.7. The maximum absolute atomic E-state index is 13.2. The highest BCUT2D eigenvalue weighted by atomic mass is 19.1. The van der Waals surface area contributed by atoms with Gasteiger partial charge in [-0.15, -0.1) is 0 Å². The van der Waals surface area contributed by atoms with Crippen LogP contribution in [-0.2, 0) is 14.3 Å². The summed E-state index contributed by atoms with van der Waals surface area (Å²) in [7, 11) is 0. The van der Waals surface area contributed by atoms with Crippen LogP contribution in [0.25, 0.3) is 0 Å². The molecule has 0 N–H and O–H groups in total. The number of benzene rings is 2. The van der Waals surface area contributed by atoms with Crippen LogP contribution < -0.4 is 4.90 Å². The van der Waals surface area contributed by atoms with Crippen LogP contribution in [-0.4, -0.2) is 18.5 Å². The Hall–Kier alpha value is -2.95. The molecule has 24 heavy (non-hydrogen) atoms. The molecule has 2 heterocycles. The normalized spacial score (nSPS) is 20.2. The molecule has 0 saturated heterocycles. The number of rotatable bonds is 2. The average molecular weight is 323 g/mol. The van der Waals surface area contributed by atoms with Crippen molar-refractivity contribution in [2.75, 3.05) is 11.5 Å². The van der Waals surface area contributed by atoms with Crippen LogP contribution in [0, 0.1) is 5.82 Å². The highest BCUT2D eigenvalue weighted by Gasteiger charge is 2.42. The van der Waals surface area contributed by atoms with Crippen LogP contribution in [0.15, 0.2) is 65.9 Å². The third-order valence-electron chi connectivity index (χ3n) is 4.40. The van der Waals surface area contributed by atoms with Crippen molar-refractivity contribution in [3.8, 4) is 0 Å². The lowest BCUT2D eigenvalue weighted by Crippen LogP contribution is -2.37. The lowest BCUT2D eigenvalue weighted by molar-refractivity contribution is -0.136. The van der Waals surface area contributed by atoms with E-state index in [2.05, 4.69) is 0 Å². The summed E-state index contributed by atoms with van der Waals surface area (Å²) >= 11 is 0. The van der Waals surface area contributed by atoms with Crippen LogP contribution in [0.1, 0.15) is 17.9 Å². The van der Waals surface area contributed by atoms with E-state index in [4.69, 9.17) is 4.74 Å². The standard InChI is InChI=1S/C19H14FNO3/c20-13-8-6-12(7-9-13)15-10-17(22)21(14-4-2-1-3-5-14)16-11-24-19(23)18(15)16/h1-9,15H,10-11H2/t15-/m1/s1. The van der Waals surface area contributed by atoms with E-state index in [-0.39, 0.29) is 24.8 Å². The Morgan fingerprint density at radius 2 is 1.71 bits per heavy atom. The third kappa shape index (κ3) is 2.29. The van der Waals surface area contributed by atoms with E-state index < -0.39 is 11.9 Å². The van der Waals surface area contributed by atoms with Gasteiger partial charge >= 0.3 is 5.97 Å². The Kier molecular flexibility index (Phi) is 3.41. The van der Waals surface area contributed by atoms with Crippen LogP contribution >= 0.6 is 0 Å². The number of carbonyl (C=O) groups excluding carboxylic acids is 2. The van der Waals surface area contributed by atoms with Crippen LogP contribution in [0.2, 0.25) is 0 Å². The first-order valence-electron chi connectivity index (χ1n) is 7.69. The van der Waals surface area contributed by atoms with Gasteiger partial charge in [0.1, 0.15) is 12.4 Å². The molecule has 1 atom stereocenters. The molecule has 120 valence electrons. The molecular weight excluding hydrogens is 309 g/mol. The van der Waals surface area contributed by atoms with Gasteiger partial charge in [0.05, 0.1) is 11.3 Å². The lowest BCUT2D eigenvalue weighted by Gasteiger charge is -2.31. The fourth-order valence-corrected chi connectivity index (χ4v) is 3.31. The highest BCUT2D eigenvalue weighted by Crippen LogP contribution is 2.41. The van der Waals surface area contributed by atoms with E-state index in [1.54, 1.807) is 17.0 Å². The summed E-state index contributed by atoms with van der Waals surface area (Å²) in [6.07, 6.45) is 0.147. The molecule has 0 bridgehead atoms. The monoisotopic (exact) mass is 323 g/mol. The predicted molar refractivity (Wildman–Crippen MR) is 85.7 cm³/mol. The van der Waals surface area contributed by atoms with E-state index in [1.807, 2.05) is 30.3 Å². The number of esters is 1. The second-order valence-corrected chi connectivity index (χ2v) is 5.81. The van der Waals surface area contributed by atoms with Crippen molar-refractivity contribution in [3.05, 3.63) is 77.2 Å². The van der Waals surface area contributed by atoms with Gasteiger partial charge in [0.2, 0.25) is 5.91 Å². The molecule has 4 nitrogen and oxygen atoms in total. The molecule has 0 saturated carbocycles. The SMILES string of the molecule is O=C1OCC2=C1[C@@H](c1ccc(F)cc1)CC(=O)N2c1ccccc1.